The van der Waals surface area contributed by atoms with E-state index in [-0.39, 0.29) is 0 Å². The van der Waals surface area contributed by atoms with E-state index in [1.54, 1.807) is 6.20 Å². The first-order valence-corrected chi connectivity index (χ1v) is 5.46. The lowest BCUT2D eigenvalue weighted by atomic mass is 10.1. The maximum atomic E-state index is 5.70. The van der Waals surface area contributed by atoms with E-state index in [0.717, 1.165) is 30.9 Å². The van der Waals surface area contributed by atoms with E-state index >= 15 is 0 Å². The summed E-state index contributed by atoms with van der Waals surface area (Å²) < 4.78 is 0. The smallest absolute Gasteiger partial charge is 0.151 e. The number of hydrogen-bond acceptors (Lipinski definition) is 4. The molecule has 1 aliphatic rings. The monoisotopic (exact) mass is 206 g/mol. The minimum atomic E-state index is 0.523. The molecule has 0 aromatic carbocycles. The highest BCUT2D eigenvalue weighted by atomic mass is 15.3. The first-order chi connectivity index (χ1) is 7.20. The third-order valence-electron chi connectivity index (χ3n) is 3.07. The van der Waals surface area contributed by atoms with E-state index in [1.807, 2.05) is 6.92 Å². The molecule has 0 radical (unpaired) electrons. The highest BCUT2D eigenvalue weighted by molar-refractivity contribution is 5.41. The maximum absolute atomic E-state index is 5.70. The highest BCUT2D eigenvalue weighted by Crippen LogP contribution is 2.26. The van der Waals surface area contributed by atoms with Gasteiger partial charge in [-0.2, -0.15) is 5.10 Å². The van der Waals surface area contributed by atoms with Crippen LogP contribution < -0.4 is 10.6 Å². The fraction of sp³-hybridized carbons (Fsp3) is 0.636. The van der Waals surface area contributed by atoms with Crippen molar-refractivity contribution in [2.45, 2.75) is 26.3 Å². The van der Waals surface area contributed by atoms with Gasteiger partial charge in [-0.25, -0.2) is 0 Å². The minimum absolute atomic E-state index is 0.523. The van der Waals surface area contributed by atoms with Crippen LogP contribution in [-0.4, -0.2) is 29.3 Å². The molecule has 0 saturated carbocycles. The number of aryl methyl sites for hydroxylation is 1. The predicted octanol–water partition coefficient (Wildman–Crippen LogP) is 0.959. The fourth-order valence-electron chi connectivity index (χ4n) is 2.22. The minimum Gasteiger partial charge on any atom is -0.352 e. The summed E-state index contributed by atoms with van der Waals surface area (Å²) in [4.78, 5) is 2.30. The first-order valence-electron chi connectivity index (χ1n) is 5.46. The number of hydrogen-bond donors (Lipinski definition) is 1. The predicted molar refractivity (Wildman–Crippen MR) is 60.7 cm³/mol. The molecule has 1 saturated heterocycles. The van der Waals surface area contributed by atoms with Crippen LogP contribution >= 0.6 is 0 Å². The van der Waals surface area contributed by atoms with Crippen molar-refractivity contribution in [2.24, 2.45) is 11.7 Å². The Hall–Kier alpha value is -1.16. The maximum Gasteiger partial charge on any atom is 0.151 e. The average Bonchev–Trinajstić information content (AvgIpc) is 2.60. The Bertz CT molecular complexity index is 339. The van der Waals surface area contributed by atoms with Gasteiger partial charge in [-0.3, -0.25) is 0 Å². The van der Waals surface area contributed by atoms with Crippen LogP contribution in [0.4, 0.5) is 5.82 Å². The molecular formula is C11H18N4. The molecule has 0 bridgehead atoms. The number of nitrogens with two attached hydrogens (primary N) is 1. The Labute approximate surface area is 90.5 Å². The summed E-state index contributed by atoms with van der Waals surface area (Å²) in [6.07, 6.45) is 2.94. The molecule has 0 amide bonds. The van der Waals surface area contributed by atoms with Crippen molar-refractivity contribution in [2.75, 3.05) is 18.0 Å². The van der Waals surface area contributed by atoms with Gasteiger partial charge in [0.2, 0.25) is 0 Å². The molecule has 2 rings (SSSR count). The van der Waals surface area contributed by atoms with Gasteiger partial charge in [0.1, 0.15) is 0 Å². The zero-order valence-corrected chi connectivity index (χ0v) is 9.35. The molecule has 1 aliphatic heterocycles. The second-order valence-corrected chi connectivity index (χ2v) is 4.43. The van der Waals surface area contributed by atoms with E-state index < -0.39 is 0 Å². The zero-order valence-electron chi connectivity index (χ0n) is 9.35. The van der Waals surface area contributed by atoms with Crippen LogP contribution in [0.15, 0.2) is 12.3 Å². The van der Waals surface area contributed by atoms with Gasteiger partial charge in [0, 0.05) is 12.6 Å². The summed E-state index contributed by atoms with van der Waals surface area (Å²) in [5.41, 5.74) is 6.86. The van der Waals surface area contributed by atoms with E-state index in [9.17, 15) is 0 Å². The van der Waals surface area contributed by atoms with Gasteiger partial charge in [0.25, 0.3) is 0 Å². The Morgan fingerprint density at radius 2 is 2.40 bits per heavy atom. The van der Waals surface area contributed by atoms with Gasteiger partial charge in [-0.1, -0.05) is 0 Å². The zero-order chi connectivity index (χ0) is 10.8. The number of nitrogens with zero attached hydrogens (tertiary/aromatic N) is 3. The number of rotatable bonds is 2. The summed E-state index contributed by atoms with van der Waals surface area (Å²) in [5.74, 6) is 1.58. The van der Waals surface area contributed by atoms with Crippen molar-refractivity contribution in [3.8, 4) is 0 Å². The van der Waals surface area contributed by atoms with Crippen molar-refractivity contribution in [3.05, 3.63) is 17.8 Å². The lowest BCUT2D eigenvalue weighted by Crippen LogP contribution is -2.28. The Morgan fingerprint density at radius 1 is 1.60 bits per heavy atom. The molecule has 82 valence electrons. The second-order valence-electron chi connectivity index (χ2n) is 4.43. The molecule has 1 aromatic heterocycles. The largest absolute Gasteiger partial charge is 0.352 e. The lowest BCUT2D eigenvalue weighted by Gasteiger charge is -2.22. The van der Waals surface area contributed by atoms with Crippen molar-refractivity contribution < 1.29 is 0 Å². The third kappa shape index (κ3) is 2.09. The fourth-order valence-corrected chi connectivity index (χ4v) is 2.22. The molecule has 4 nitrogen and oxygen atoms in total. The molecule has 4 heteroatoms. The third-order valence-corrected chi connectivity index (χ3v) is 3.07. The molecule has 2 N–H and O–H groups in total. The lowest BCUT2D eigenvalue weighted by molar-refractivity contribution is 0.579. The van der Waals surface area contributed by atoms with Crippen LogP contribution in [0.3, 0.4) is 0 Å². The van der Waals surface area contributed by atoms with Gasteiger partial charge >= 0.3 is 0 Å². The number of aromatic nitrogens is 2. The second kappa shape index (κ2) is 4.14. The van der Waals surface area contributed by atoms with Crippen LogP contribution in [-0.2, 0) is 0 Å². The van der Waals surface area contributed by atoms with Crippen LogP contribution in [0.5, 0.6) is 0 Å². The van der Waals surface area contributed by atoms with Gasteiger partial charge in [0.15, 0.2) is 5.82 Å². The standard InChI is InChI=1S/C11H18N4/c1-8-3-11(14-13-6-8)15-7-10(5-12)4-9(15)2/h3,6,9-10H,4-5,7,12H2,1-2H3. The SMILES string of the molecule is Cc1cnnc(N2CC(CN)CC2C)c1. The molecule has 15 heavy (non-hydrogen) atoms. The van der Waals surface area contributed by atoms with E-state index in [0.29, 0.717) is 12.0 Å². The van der Waals surface area contributed by atoms with Gasteiger partial charge in [0.05, 0.1) is 6.20 Å². The first kappa shape index (κ1) is 10.4. The molecule has 2 heterocycles. The molecule has 0 aliphatic carbocycles. The van der Waals surface area contributed by atoms with Crippen molar-refractivity contribution in [1.29, 1.82) is 0 Å². The molecule has 1 fully saturated rings. The van der Waals surface area contributed by atoms with Gasteiger partial charge in [-0.15, -0.1) is 5.10 Å². The topological polar surface area (TPSA) is 55.0 Å². The normalized spacial score (nSPS) is 25.9. The molecule has 2 atom stereocenters. The van der Waals surface area contributed by atoms with Crippen LogP contribution in [0, 0.1) is 12.8 Å². The summed E-state index contributed by atoms with van der Waals surface area (Å²) in [6, 6.07) is 2.61. The highest BCUT2D eigenvalue weighted by Gasteiger charge is 2.29. The van der Waals surface area contributed by atoms with Gasteiger partial charge in [-0.05, 0) is 44.4 Å². The van der Waals surface area contributed by atoms with Crippen molar-refractivity contribution >= 4 is 5.82 Å². The van der Waals surface area contributed by atoms with Crippen LogP contribution in [0.1, 0.15) is 18.9 Å². The van der Waals surface area contributed by atoms with E-state index in [4.69, 9.17) is 5.73 Å². The summed E-state index contributed by atoms with van der Waals surface area (Å²) in [7, 11) is 0. The van der Waals surface area contributed by atoms with Crippen molar-refractivity contribution in [1.82, 2.24) is 10.2 Å². The van der Waals surface area contributed by atoms with Crippen LogP contribution in [0.25, 0.3) is 0 Å². The Morgan fingerprint density at radius 3 is 3.00 bits per heavy atom. The van der Waals surface area contributed by atoms with Crippen LogP contribution in [0.2, 0.25) is 0 Å². The quantitative estimate of drug-likeness (QED) is 0.783. The van der Waals surface area contributed by atoms with E-state index in [2.05, 4.69) is 28.1 Å². The van der Waals surface area contributed by atoms with E-state index in [1.165, 1.54) is 0 Å². The summed E-state index contributed by atoms with van der Waals surface area (Å²) in [5, 5.41) is 8.17. The van der Waals surface area contributed by atoms with Gasteiger partial charge < -0.3 is 10.6 Å². The Kier molecular flexibility index (Phi) is 2.86. The number of anilines is 1. The summed E-state index contributed by atoms with van der Waals surface area (Å²) in [6.45, 7) is 6.04. The molecule has 2 unspecified atom stereocenters. The molecule has 1 aromatic rings. The summed E-state index contributed by atoms with van der Waals surface area (Å²) >= 11 is 0. The average molecular weight is 206 g/mol. The Balaban J connectivity index is 2.17. The molecular weight excluding hydrogens is 188 g/mol. The molecule has 0 spiro atoms. The van der Waals surface area contributed by atoms with Crippen molar-refractivity contribution in [3.63, 3.8) is 0 Å².